The van der Waals surface area contributed by atoms with E-state index < -0.39 is 6.04 Å². The molecule has 2 saturated heterocycles. The molecule has 170 valence electrons. The molecule has 0 bridgehead atoms. The van der Waals surface area contributed by atoms with E-state index in [-0.39, 0.29) is 11.8 Å². The van der Waals surface area contributed by atoms with Crippen molar-refractivity contribution in [1.82, 2.24) is 15.3 Å². The van der Waals surface area contributed by atoms with Gasteiger partial charge in [-0.2, -0.15) is 5.06 Å². The topological polar surface area (TPSA) is 87.9 Å². The minimum atomic E-state index is -0.394. The summed E-state index contributed by atoms with van der Waals surface area (Å²) in [5.74, 6) is -0.405. The van der Waals surface area contributed by atoms with Crippen LogP contribution in [-0.4, -0.2) is 60.1 Å². The normalized spacial score (nSPS) is 21.7. The first-order chi connectivity index (χ1) is 15.5. The minimum absolute atomic E-state index is 0.0410. The zero-order valence-corrected chi connectivity index (χ0v) is 18.6. The van der Waals surface area contributed by atoms with Crippen LogP contribution in [0.25, 0.3) is 11.1 Å². The first-order valence-electron chi connectivity index (χ1n) is 11.5. The van der Waals surface area contributed by atoms with Gasteiger partial charge in [-0.05, 0) is 67.2 Å². The summed E-state index contributed by atoms with van der Waals surface area (Å²) in [6.45, 7) is 5.98. The molecule has 0 radical (unpaired) electrons. The van der Waals surface area contributed by atoms with E-state index in [2.05, 4.69) is 23.2 Å². The summed E-state index contributed by atoms with van der Waals surface area (Å²) in [5, 5.41) is 4.77. The van der Waals surface area contributed by atoms with Gasteiger partial charge in [0.15, 0.2) is 0 Å². The second-order valence-corrected chi connectivity index (χ2v) is 8.53. The summed E-state index contributed by atoms with van der Waals surface area (Å²) >= 11 is 0. The highest BCUT2D eigenvalue weighted by Crippen LogP contribution is 2.24. The quantitative estimate of drug-likeness (QED) is 0.664. The molecule has 2 fully saturated rings. The van der Waals surface area contributed by atoms with Crippen molar-refractivity contribution in [3.05, 3.63) is 59.7 Å². The SMILES string of the molecule is CCN1CCC[C@H]1CNC(=O)c1cccc(-c2cccc(CN3OCC[C@H]3C(N)=O)c2)c1. The molecule has 3 N–H and O–H groups in total. The molecule has 7 heteroatoms. The first-order valence-corrected chi connectivity index (χ1v) is 11.5. The van der Waals surface area contributed by atoms with Crippen LogP contribution in [-0.2, 0) is 16.2 Å². The van der Waals surface area contributed by atoms with Gasteiger partial charge in [0.05, 0.1) is 13.2 Å². The monoisotopic (exact) mass is 436 g/mol. The van der Waals surface area contributed by atoms with Crippen molar-refractivity contribution >= 4 is 11.8 Å². The molecule has 32 heavy (non-hydrogen) atoms. The standard InChI is InChI=1S/C25H32N4O3/c1-2-28-12-5-10-22(28)16-27-25(31)21-9-4-8-20(15-21)19-7-3-6-18(14-19)17-29-23(24(26)30)11-13-32-29/h3-4,6-9,14-15,22-23H,2,5,10-13,16-17H2,1H3,(H2,26,30)(H,27,31)/t22-,23-/m0/s1. The summed E-state index contributed by atoms with van der Waals surface area (Å²) in [6.07, 6.45) is 2.95. The number of amides is 2. The lowest BCUT2D eigenvalue weighted by molar-refractivity contribution is -0.154. The number of rotatable bonds is 8. The highest BCUT2D eigenvalue weighted by Gasteiger charge is 2.30. The number of benzene rings is 2. The number of likely N-dealkylation sites (N-methyl/N-ethyl adjacent to an activating group) is 1. The molecule has 0 saturated carbocycles. The van der Waals surface area contributed by atoms with Crippen molar-refractivity contribution in [1.29, 1.82) is 0 Å². The van der Waals surface area contributed by atoms with Crippen LogP contribution < -0.4 is 11.1 Å². The van der Waals surface area contributed by atoms with Crippen molar-refractivity contribution in [2.24, 2.45) is 5.73 Å². The van der Waals surface area contributed by atoms with Gasteiger partial charge >= 0.3 is 0 Å². The predicted octanol–water partition coefficient (Wildman–Crippen LogP) is 2.56. The Balaban J connectivity index is 1.43. The van der Waals surface area contributed by atoms with Gasteiger partial charge in [0.1, 0.15) is 6.04 Å². The Hall–Kier alpha value is -2.74. The van der Waals surface area contributed by atoms with E-state index in [9.17, 15) is 9.59 Å². The summed E-state index contributed by atoms with van der Waals surface area (Å²) in [4.78, 5) is 32.4. The molecule has 0 unspecified atom stereocenters. The maximum absolute atomic E-state index is 12.8. The fourth-order valence-corrected chi connectivity index (χ4v) is 4.68. The number of likely N-dealkylation sites (tertiary alicyclic amines) is 1. The Kier molecular flexibility index (Phi) is 7.19. The van der Waals surface area contributed by atoms with Gasteiger partial charge in [-0.3, -0.25) is 19.3 Å². The van der Waals surface area contributed by atoms with Crippen LogP contribution in [0.5, 0.6) is 0 Å². The molecule has 2 atom stereocenters. The molecule has 7 nitrogen and oxygen atoms in total. The lowest BCUT2D eigenvalue weighted by atomic mass is 10.0. The van der Waals surface area contributed by atoms with Gasteiger partial charge in [-0.25, -0.2) is 0 Å². The highest BCUT2D eigenvalue weighted by molar-refractivity contribution is 5.95. The van der Waals surface area contributed by atoms with E-state index in [1.807, 2.05) is 42.5 Å². The Bertz CT molecular complexity index is 964. The van der Waals surface area contributed by atoms with Crippen LogP contribution in [0.1, 0.15) is 42.1 Å². The van der Waals surface area contributed by atoms with Crippen LogP contribution in [0.3, 0.4) is 0 Å². The van der Waals surface area contributed by atoms with Gasteiger partial charge < -0.3 is 11.1 Å². The van der Waals surface area contributed by atoms with Crippen molar-refractivity contribution in [2.75, 3.05) is 26.2 Å². The Morgan fingerprint density at radius 1 is 1.12 bits per heavy atom. The number of nitrogens with one attached hydrogen (secondary N) is 1. The molecule has 4 rings (SSSR count). The van der Waals surface area contributed by atoms with Crippen LogP contribution in [0, 0.1) is 0 Å². The van der Waals surface area contributed by atoms with Gasteiger partial charge in [-0.1, -0.05) is 37.3 Å². The minimum Gasteiger partial charge on any atom is -0.368 e. The van der Waals surface area contributed by atoms with E-state index in [0.29, 0.717) is 37.7 Å². The third kappa shape index (κ3) is 5.18. The average Bonchev–Trinajstić information content (AvgIpc) is 3.47. The number of carbonyl (C=O) groups is 2. The summed E-state index contributed by atoms with van der Waals surface area (Å²) in [7, 11) is 0. The van der Waals surface area contributed by atoms with Crippen LogP contribution >= 0.6 is 0 Å². The number of primary amides is 1. The smallest absolute Gasteiger partial charge is 0.251 e. The lowest BCUT2D eigenvalue weighted by Crippen LogP contribution is -2.40. The van der Waals surface area contributed by atoms with Crippen molar-refractivity contribution in [3.63, 3.8) is 0 Å². The van der Waals surface area contributed by atoms with Gasteiger partial charge in [-0.15, -0.1) is 0 Å². The molecule has 0 aromatic heterocycles. The average molecular weight is 437 g/mol. The Labute approximate surface area is 189 Å². The molecule has 2 aromatic rings. The van der Waals surface area contributed by atoms with Crippen LogP contribution in [0.15, 0.2) is 48.5 Å². The number of nitrogens with two attached hydrogens (primary N) is 1. The number of carbonyl (C=O) groups excluding carboxylic acids is 2. The number of hydroxylamine groups is 2. The second-order valence-electron chi connectivity index (χ2n) is 8.53. The summed E-state index contributed by atoms with van der Waals surface area (Å²) in [5.41, 5.74) is 9.15. The number of hydrogen-bond donors (Lipinski definition) is 2. The second kappa shape index (κ2) is 10.3. The molecular formula is C25H32N4O3. The Morgan fingerprint density at radius 3 is 2.69 bits per heavy atom. The molecular weight excluding hydrogens is 404 g/mol. The van der Waals surface area contributed by atoms with Gasteiger partial charge in [0, 0.05) is 18.2 Å². The summed E-state index contributed by atoms with van der Waals surface area (Å²) in [6, 6.07) is 15.8. The van der Waals surface area contributed by atoms with E-state index in [0.717, 1.165) is 36.2 Å². The molecule has 2 amide bonds. The maximum atomic E-state index is 12.8. The largest absolute Gasteiger partial charge is 0.368 e. The number of nitrogens with zero attached hydrogens (tertiary/aromatic N) is 2. The van der Waals surface area contributed by atoms with E-state index in [1.54, 1.807) is 5.06 Å². The fraction of sp³-hybridized carbons (Fsp3) is 0.440. The number of hydrogen-bond acceptors (Lipinski definition) is 5. The molecule has 2 aromatic carbocycles. The van der Waals surface area contributed by atoms with Gasteiger partial charge in [0.25, 0.3) is 5.91 Å². The predicted molar refractivity (Wildman–Crippen MR) is 124 cm³/mol. The molecule has 2 heterocycles. The third-order valence-corrected chi connectivity index (χ3v) is 6.45. The first kappa shape index (κ1) is 22.5. The fourth-order valence-electron chi connectivity index (χ4n) is 4.68. The van der Waals surface area contributed by atoms with Crippen molar-refractivity contribution in [3.8, 4) is 11.1 Å². The Morgan fingerprint density at radius 2 is 1.91 bits per heavy atom. The van der Waals surface area contributed by atoms with Crippen LogP contribution in [0.4, 0.5) is 0 Å². The zero-order valence-electron chi connectivity index (χ0n) is 18.6. The highest BCUT2D eigenvalue weighted by atomic mass is 16.7. The van der Waals surface area contributed by atoms with E-state index in [4.69, 9.17) is 10.6 Å². The van der Waals surface area contributed by atoms with Crippen LogP contribution in [0.2, 0.25) is 0 Å². The summed E-state index contributed by atoms with van der Waals surface area (Å²) < 4.78 is 0. The van der Waals surface area contributed by atoms with Crippen molar-refractivity contribution < 1.29 is 14.4 Å². The maximum Gasteiger partial charge on any atom is 0.251 e. The van der Waals surface area contributed by atoms with E-state index >= 15 is 0 Å². The molecule has 0 spiro atoms. The molecule has 2 aliphatic rings. The van der Waals surface area contributed by atoms with Crippen molar-refractivity contribution in [2.45, 2.75) is 44.8 Å². The zero-order chi connectivity index (χ0) is 22.5. The molecule has 2 aliphatic heterocycles. The third-order valence-electron chi connectivity index (χ3n) is 6.45. The van der Waals surface area contributed by atoms with E-state index in [1.165, 1.54) is 6.42 Å². The van der Waals surface area contributed by atoms with Gasteiger partial charge in [0.2, 0.25) is 5.91 Å². The lowest BCUT2D eigenvalue weighted by Gasteiger charge is -2.22. The molecule has 0 aliphatic carbocycles.